The second kappa shape index (κ2) is 8.13. The molecule has 7 nitrogen and oxygen atoms in total. The van der Waals surface area contributed by atoms with Crippen molar-refractivity contribution in [2.75, 3.05) is 18.5 Å². The van der Waals surface area contributed by atoms with E-state index in [1.54, 1.807) is 6.07 Å². The minimum atomic E-state index is -0.602. The number of rotatable bonds is 6. The first-order valence-corrected chi connectivity index (χ1v) is 11.1. The van der Waals surface area contributed by atoms with E-state index in [1.807, 2.05) is 19.9 Å². The van der Waals surface area contributed by atoms with Crippen molar-refractivity contribution < 1.29 is 23.9 Å². The molecule has 1 aromatic carbocycles. The van der Waals surface area contributed by atoms with Gasteiger partial charge in [-0.25, -0.2) is 0 Å². The average molecular weight is 477 g/mol. The molecule has 8 heteroatoms. The van der Waals surface area contributed by atoms with Gasteiger partial charge in [0.15, 0.2) is 6.61 Å². The Hall–Kier alpha value is -2.22. The number of hydrogen-bond acceptors (Lipinski definition) is 5. The molecule has 1 aliphatic heterocycles. The Morgan fingerprint density at radius 2 is 1.73 bits per heavy atom. The van der Waals surface area contributed by atoms with Gasteiger partial charge in [-0.15, -0.1) is 0 Å². The molecule has 30 heavy (non-hydrogen) atoms. The molecule has 3 amide bonds. The molecule has 1 heterocycles. The highest BCUT2D eigenvalue weighted by Crippen LogP contribution is 2.56. The summed E-state index contributed by atoms with van der Waals surface area (Å²) in [7, 11) is 0. The summed E-state index contributed by atoms with van der Waals surface area (Å²) < 4.78 is 5.99. The molecule has 3 fully saturated rings. The van der Waals surface area contributed by atoms with Crippen LogP contribution in [0.15, 0.2) is 16.6 Å². The van der Waals surface area contributed by atoms with Crippen LogP contribution in [0.5, 0.6) is 0 Å². The number of ether oxygens (including phenoxy) is 1. The summed E-state index contributed by atoms with van der Waals surface area (Å²) in [5.41, 5.74) is 2.60. The standard InChI is InChI=1S/C22H25BrN2O5/c1-11-12(2)16(6-5-15(11)23)24-17(26)10-30-18(27)7-8-25-21(28)19-13-3-4-14(9-13)20(19)22(25)29/h5-6,13-14,19-20H,3-4,7-10H2,1-2H3,(H,24,26)/t13-,14-,19-,20-/m0/s1. The van der Waals surface area contributed by atoms with Crippen molar-refractivity contribution in [2.24, 2.45) is 23.7 Å². The van der Waals surface area contributed by atoms with Crippen LogP contribution in [0.2, 0.25) is 0 Å². The molecule has 160 valence electrons. The molecule has 0 radical (unpaired) electrons. The van der Waals surface area contributed by atoms with Gasteiger partial charge in [0.05, 0.1) is 18.3 Å². The SMILES string of the molecule is Cc1c(Br)ccc(NC(=O)COC(=O)CCN2C(=O)[C@H]3[C@H]4CC[C@@H](C4)[C@@H]3C2=O)c1C. The quantitative estimate of drug-likeness (QED) is 0.503. The Morgan fingerprint density at radius 3 is 2.37 bits per heavy atom. The number of anilines is 1. The second-order valence-electron chi connectivity index (χ2n) is 8.52. The summed E-state index contributed by atoms with van der Waals surface area (Å²) in [6.45, 7) is 3.45. The Morgan fingerprint density at radius 1 is 1.10 bits per heavy atom. The van der Waals surface area contributed by atoms with E-state index >= 15 is 0 Å². The number of hydrogen-bond donors (Lipinski definition) is 1. The van der Waals surface area contributed by atoms with Gasteiger partial charge in [0.2, 0.25) is 11.8 Å². The number of amides is 3. The molecule has 1 saturated heterocycles. The molecule has 2 aliphatic carbocycles. The van der Waals surface area contributed by atoms with Crippen LogP contribution in [0.25, 0.3) is 0 Å². The second-order valence-corrected chi connectivity index (χ2v) is 9.37. The lowest BCUT2D eigenvalue weighted by Gasteiger charge is -2.19. The Labute approximate surface area is 183 Å². The van der Waals surface area contributed by atoms with Crippen LogP contribution in [0.3, 0.4) is 0 Å². The summed E-state index contributed by atoms with van der Waals surface area (Å²) in [5.74, 6) is -1.04. The third-order valence-corrected chi connectivity index (χ3v) is 7.78. The van der Waals surface area contributed by atoms with E-state index in [2.05, 4.69) is 21.2 Å². The molecular weight excluding hydrogens is 452 g/mol. The van der Waals surface area contributed by atoms with Gasteiger partial charge in [-0.2, -0.15) is 0 Å². The highest BCUT2D eigenvalue weighted by atomic mass is 79.9. The number of halogens is 1. The number of esters is 1. The van der Waals surface area contributed by atoms with Crippen molar-refractivity contribution in [3.05, 3.63) is 27.7 Å². The molecule has 4 atom stereocenters. The lowest BCUT2D eigenvalue weighted by molar-refractivity contribution is -0.149. The molecule has 0 aromatic heterocycles. The Kier molecular flexibility index (Phi) is 5.70. The van der Waals surface area contributed by atoms with Crippen molar-refractivity contribution in [1.29, 1.82) is 0 Å². The maximum Gasteiger partial charge on any atom is 0.308 e. The van der Waals surface area contributed by atoms with Gasteiger partial charge in [-0.1, -0.05) is 15.9 Å². The number of carbonyl (C=O) groups is 4. The summed E-state index contributed by atoms with van der Waals surface area (Å²) in [5, 5.41) is 2.73. The van der Waals surface area contributed by atoms with E-state index in [9.17, 15) is 19.2 Å². The van der Waals surface area contributed by atoms with E-state index in [0.29, 0.717) is 17.5 Å². The first kappa shape index (κ1) is 21.0. The van der Waals surface area contributed by atoms with Crippen LogP contribution in [-0.2, 0) is 23.9 Å². The van der Waals surface area contributed by atoms with Gasteiger partial charge in [0.25, 0.3) is 5.91 Å². The monoisotopic (exact) mass is 476 g/mol. The zero-order valence-electron chi connectivity index (χ0n) is 17.1. The van der Waals surface area contributed by atoms with E-state index in [-0.39, 0.29) is 36.6 Å². The highest BCUT2D eigenvalue weighted by Gasteiger charge is 2.60. The number of fused-ring (bicyclic) bond motifs is 5. The normalized spacial score (nSPS) is 26.8. The van der Waals surface area contributed by atoms with Crippen molar-refractivity contribution in [3.63, 3.8) is 0 Å². The predicted octanol–water partition coefficient (Wildman–Crippen LogP) is 2.97. The number of benzene rings is 1. The van der Waals surface area contributed by atoms with E-state index in [1.165, 1.54) is 4.90 Å². The first-order valence-electron chi connectivity index (χ1n) is 10.3. The summed E-state index contributed by atoms with van der Waals surface area (Å²) in [4.78, 5) is 50.7. The Bertz CT molecular complexity index is 902. The molecule has 3 aliphatic rings. The maximum absolute atomic E-state index is 12.6. The van der Waals surface area contributed by atoms with Gasteiger partial charge in [-0.05, 0) is 68.2 Å². The molecule has 1 aromatic rings. The number of nitrogens with zero attached hydrogens (tertiary/aromatic N) is 1. The van der Waals surface area contributed by atoms with E-state index < -0.39 is 18.5 Å². The molecule has 0 spiro atoms. The fraction of sp³-hybridized carbons (Fsp3) is 0.545. The van der Waals surface area contributed by atoms with Crippen molar-refractivity contribution in [1.82, 2.24) is 4.90 Å². The van der Waals surface area contributed by atoms with Gasteiger partial charge in [0.1, 0.15) is 0 Å². The fourth-order valence-corrected chi connectivity index (χ4v) is 5.65. The maximum atomic E-state index is 12.6. The fourth-order valence-electron chi connectivity index (χ4n) is 5.22. The number of nitrogens with one attached hydrogen (secondary N) is 1. The van der Waals surface area contributed by atoms with Gasteiger partial charge in [0, 0.05) is 16.7 Å². The third-order valence-electron chi connectivity index (χ3n) is 6.92. The number of imide groups is 1. The van der Waals surface area contributed by atoms with Crippen LogP contribution in [-0.4, -0.2) is 41.7 Å². The zero-order valence-corrected chi connectivity index (χ0v) is 18.7. The largest absolute Gasteiger partial charge is 0.456 e. The number of likely N-dealkylation sites (tertiary alicyclic amines) is 1. The Balaban J connectivity index is 1.25. The summed E-state index contributed by atoms with van der Waals surface area (Å²) in [6, 6.07) is 3.62. The zero-order chi connectivity index (χ0) is 21.6. The van der Waals surface area contributed by atoms with Gasteiger partial charge < -0.3 is 10.1 Å². The molecule has 0 unspecified atom stereocenters. The summed E-state index contributed by atoms with van der Waals surface area (Å²) in [6.07, 6.45) is 2.92. The number of carbonyl (C=O) groups excluding carboxylic acids is 4. The first-order chi connectivity index (χ1) is 14.3. The lowest BCUT2D eigenvalue weighted by Crippen LogP contribution is -2.35. The molecule has 1 N–H and O–H groups in total. The van der Waals surface area contributed by atoms with Gasteiger partial charge in [-0.3, -0.25) is 24.1 Å². The van der Waals surface area contributed by atoms with E-state index in [4.69, 9.17) is 4.74 Å². The minimum absolute atomic E-state index is 0.0234. The van der Waals surface area contributed by atoms with E-state index in [0.717, 1.165) is 34.9 Å². The molecular formula is C22H25BrN2O5. The average Bonchev–Trinajstić information content (AvgIpc) is 3.40. The highest BCUT2D eigenvalue weighted by molar-refractivity contribution is 9.10. The predicted molar refractivity (Wildman–Crippen MR) is 112 cm³/mol. The minimum Gasteiger partial charge on any atom is -0.456 e. The van der Waals surface area contributed by atoms with Crippen LogP contribution < -0.4 is 5.32 Å². The third kappa shape index (κ3) is 3.66. The van der Waals surface area contributed by atoms with Crippen LogP contribution in [0.4, 0.5) is 5.69 Å². The summed E-state index contributed by atoms with van der Waals surface area (Å²) >= 11 is 3.44. The molecule has 4 rings (SSSR count). The van der Waals surface area contributed by atoms with Gasteiger partial charge >= 0.3 is 5.97 Å². The topological polar surface area (TPSA) is 92.8 Å². The van der Waals surface area contributed by atoms with Crippen molar-refractivity contribution in [3.8, 4) is 0 Å². The lowest BCUT2D eigenvalue weighted by atomic mass is 9.81. The van der Waals surface area contributed by atoms with Crippen molar-refractivity contribution >= 4 is 45.3 Å². The molecule has 2 saturated carbocycles. The van der Waals surface area contributed by atoms with Crippen LogP contribution in [0.1, 0.15) is 36.8 Å². The van der Waals surface area contributed by atoms with Crippen LogP contribution in [0, 0.1) is 37.5 Å². The smallest absolute Gasteiger partial charge is 0.308 e. The van der Waals surface area contributed by atoms with Crippen LogP contribution >= 0.6 is 15.9 Å². The van der Waals surface area contributed by atoms with Crippen molar-refractivity contribution in [2.45, 2.75) is 39.5 Å². The molecule has 2 bridgehead atoms.